The number of alkyl halides is 2. The van der Waals surface area contributed by atoms with Crippen molar-refractivity contribution in [2.24, 2.45) is 5.41 Å². The summed E-state index contributed by atoms with van der Waals surface area (Å²) in [6.45, 7) is 7.32. The molecule has 1 aliphatic heterocycles. The summed E-state index contributed by atoms with van der Waals surface area (Å²) in [7, 11) is 1.56. The minimum absolute atomic E-state index is 0.0484. The number of phenols is 1. The van der Waals surface area contributed by atoms with Crippen molar-refractivity contribution in [3.63, 3.8) is 0 Å². The number of carbonyl (C=O) groups excluding carboxylic acids is 1. The fourth-order valence-electron chi connectivity index (χ4n) is 3.60. The Labute approximate surface area is 215 Å². The van der Waals surface area contributed by atoms with Gasteiger partial charge >= 0.3 is 6.03 Å². The summed E-state index contributed by atoms with van der Waals surface area (Å²) in [4.78, 5) is 15.8. The van der Waals surface area contributed by atoms with E-state index < -0.39 is 5.92 Å². The van der Waals surface area contributed by atoms with Crippen LogP contribution in [0.2, 0.25) is 0 Å². The molecular formula is C26H31F2N5O2S. The molecule has 1 heterocycles. The Morgan fingerprint density at radius 3 is 2.17 bits per heavy atom. The molecule has 0 aromatic heterocycles. The number of anilines is 1. The highest BCUT2D eigenvalue weighted by molar-refractivity contribution is 7.80. The van der Waals surface area contributed by atoms with Crippen LogP contribution in [0, 0.1) is 10.8 Å². The van der Waals surface area contributed by atoms with E-state index >= 15 is 0 Å². The number of nitrogens with zero attached hydrogens (tertiary/aromatic N) is 2. The van der Waals surface area contributed by atoms with Gasteiger partial charge in [-0.2, -0.15) is 0 Å². The summed E-state index contributed by atoms with van der Waals surface area (Å²) in [6, 6.07) is 11.9. The molecule has 0 radical (unpaired) electrons. The minimum atomic E-state index is -2.93. The highest BCUT2D eigenvalue weighted by atomic mass is 32.1. The zero-order chi connectivity index (χ0) is 26.8. The number of hydrogen-bond acceptors (Lipinski definition) is 6. The van der Waals surface area contributed by atoms with Crippen molar-refractivity contribution in [2.75, 3.05) is 18.9 Å². The van der Waals surface area contributed by atoms with Gasteiger partial charge in [-0.15, -0.1) is 0 Å². The smallest absolute Gasteiger partial charge is 0.330 e. The fourth-order valence-corrected chi connectivity index (χ4v) is 3.88. The molecule has 3 rings (SSSR count). The van der Waals surface area contributed by atoms with Crippen molar-refractivity contribution >= 4 is 34.8 Å². The van der Waals surface area contributed by atoms with Gasteiger partial charge in [-0.3, -0.25) is 15.2 Å². The summed E-state index contributed by atoms with van der Waals surface area (Å²) in [5, 5.41) is 25.0. The van der Waals surface area contributed by atoms with Gasteiger partial charge in [0.15, 0.2) is 0 Å². The van der Waals surface area contributed by atoms with E-state index in [9.17, 15) is 18.7 Å². The molecule has 1 fully saturated rings. The first kappa shape index (κ1) is 27.1. The van der Waals surface area contributed by atoms with E-state index in [-0.39, 0.29) is 40.1 Å². The van der Waals surface area contributed by atoms with E-state index in [1.807, 2.05) is 20.8 Å². The number of amides is 2. The number of rotatable bonds is 7. The van der Waals surface area contributed by atoms with E-state index in [1.165, 1.54) is 34.1 Å². The molecule has 36 heavy (non-hydrogen) atoms. The van der Waals surface area contributed by atoms with Gasteiger partial charge in [0.05, 0.1) is 5.57 Å². The quantitative estimate of drug-likeness (QED) is 0.218. The molecule has 7 nitrogen and oxygen atoms in total. The molecule has 1 aliphatic rings. The normalized spacial score (nSPS) is 16.4. The van der Waals surface area contributed by atoms with Gasteiger partial charge in [0, 0.05) is 38.3 Å². The lowest BCUT2D eigenvalue weighted by atomic mass is 9.95. The number of likely N-dealkylation sites (N-methyl/N-ethyl adjacent to an activating group) is 1. The number of benzene rings is 2. The van der Waals surface area contributed by atoms with E-state index in [0.29, 0.717) is 23.6 Å². The number of carbonyl (C=O) groups is 1. The molecule has 2 aromatic carbocycles. The van der Waals surface area contributed by atoms with Crippen molar-refractivity contribution in [3.05, 3.63) is 71.1 Å². The Kier molecular flexibility index (Phi) is 7.68. The number of hydrogen-bond donors (Lipinski definition) is 4. The average Bonchev–Trinajstić information content (AvgIpc) is 2.79. The Balaban J connectivity index is 2.00. The summed E-state index contributed by atoms with van der Waals surface area (Å²) in [5.74, 6) is -2.51. The number of halogens is 2. The van der Waals surface area contributed by atoms with Crippen LogP contribution in [-0.4, -0.2) is 45.4 Å². The van der Waals surface area contributed by atoms with Crippen molar-refractivity contribution in [1.29, 1.82) is 5.41 Å². The zero-order valence-corrected chi connectivity index (χ0v) is 21.8. The van der Waals surface area contributed by atoms with E-state index in [2.05, 4.69) is 10.6 Å². The number of phenolic OH excluding ortho intramolecular Hbond substituents is 1. The van der Waals surface area contributed by atoms with Gasteiger partial charge in [0.1, 0.15) is 22.4 Å². The molecule has 192 valence electrons. The first-order valence-electron chi connectivity index (χ1n) is 11.4. The Hall–Kier alpha value is -3.53. The molecule has 0 saturated carbocycles. The van der Waals surface area contributed by atoms with Gasteiger partial charge < -0.3 is 15.7 Å². The van der Waals surface area contributed by atoms with Crippen molar-refractivity contribution in [2.45, 2.75) is 40.2 Å². The largest absolute Gasteiger partial charge is 0.508 e. The fraction of sp³-hybridized carbons (Fsp3) is 0.346. The topological polar surface area (TPSA) is 91.7 Å². The van der Waals surface area contributed by atoms with Crippen LogP contribution in [0.4, 0.5) is 19.3 Å². The van der Waals surface area contributed by atoms with E-state index in [1.54, 1.807) is 31.3 Å². The second kappa shape index (κ2) is 10.2. The Morgan fingerprint density at radius 2 is 1.64 bits per heavy atom. The summed E-state index contributed by atoms with van der Waals surface area (Å²) >= 11 is 5.58. The predicted octanol–water partition coefficient (Wildman–Crippen LogP) is 5.64. The number of thiocarbonyl (C=S) groups is 1. The average molecular weight is 516 g/mol. The third kappa shape index (κ3) is 6.37. The van der Waals surface area contributed by atoms with Gasteiger partial charge in [-0.05, 0) is 35.2 Å². The molecule has 4 N–H and O–H groups in total. The van der Waals surface area contributed by atoms with Crippen LogP contribution in [0.25, 0.3) is 0 Å². The maximum Gasteiger partial charge on any atom is 0.330 e. The third-order valence-electron chi connectivity index (χ3n) is 5.49. The molecule has 0 aliphatic carbocycles. The predicted molar refractivity (Wildman–Crippen MR) is 141 cm³/mol. The van der Waals surface area contributed by atoms with Gasteiger partial charge in [0.25, 0.3) is 5.92 Å². The molecule has 0 bridgehead atoms. The summed E-state index contributed by atoms with van der Waals surface area (Å²) < 4.78 is 27.2. The standard InChI is InChI=1S/C26H31F2N5O2S/c1-25(2,3)15-33-21(29)20(23(36)32(5)24(33)35)22(31-18-10-12-19(34)13-11-18)30-14-16-6-8-17(9-7-16)26(4,27)28/h6-13,29-31,34H,14-15H2,1-5H3/b22-20-,29-21?. The van der Waals surface area contributed by atoms with Crippen LogP contribution in [0.15, 0.2) is 59.9 Å². The summed E-state index contributed by atoms with van der Waals surface area (Å²) in [5.41, 5.74) is 1.31. The molecule has 10 heteroatoms. The number of aromatic hydroxyl groups is 1. The van der Waals surface area contributed by atoms with Gasteiger partial charge in [-0.1, -0.05) is 57.3 Å². The molecule has 1 saturated heterocycles. The number of nitrogens with one attached hydrogen (secondary N) is 3. The minimum Gasteiger partial charge on any atom is -0.508 e. The van der Waals surface area contributed by atoms with E-state index in [0.717, 1.165) is 12.5 Å². The van der Waals surface area contributed by atoms with Crippen molar-refractivity contribution < 1.29 is 18.7 Å². The Morgan fingerprint density at radius 1 is 1.06 bits per heavy atom. The van der Waals surface area contributed by atoms with E-state index in [4.69, 9.17) is 17.6 Å². The highest BCUT2D eigenvalue weighted by Gasteiger charge is 2.39. The summed E-state index contributed by atoms with van der Waals surface area (Å²) in [6.07, 6.45) is 0. The molecule has 2 amide bonds. The molecule has 0 spiro atoms. The molecule has 0 unspecified atom stereocenters. The number of amidine groups is 1. The maximum atomic E-state index is 13.6. The number of urea groups is 1. The highest BCUT2D eigenvalue weighted by Crippen LogP contribution is 2.28. The van der Waals surface area contributed by atoms with Crippen LogP contribution in [0.5, 0.6) is 5.75 Å². The van der Waals surface area contributed by atoms with Crippen LogP contribution >= 0.6 is 12.2 Å². The second-order valence-electron chi connectivity index (χ2n) is 10.0. The van der Waals surface area contributed by atoms with Crippen LogP contribution in [-0.2, 0) is 12.5 Å². The van der Waals surface area contributed by atoms with Crippen LogP contribution in [0.3, 0.4) is 0 Å². The second-order valence-corrected chi connectivity index (χ2v) is 10.4. The first-order valence-corrected chi connectivity index (χ1v) is 11.8. The third-order valence-corrected chi connectivity index (χ3v) is 5.97. The maximum absolute atomic E-state index is 13.6. The first-order chi connectivity index (χ1) is 16.7. The van der Waals surface area contributed by atoms with Crippen LogP contribution < -0.4 is 10.6 Å². The molecule has 0 atom stereocenters. The van der Waals surface area contributed by atoms with Crippen molar-refractivity contribution in [1.82, 2.24) is 15.1 Å². The zero-order valence-electron chi connectivity index (χ0n) is 20.9. The van der Waals surface area contributed by atoms with Gasteiger partial charge in [-0.25, -0.2) is 13.6 Å². The molecular weight excluding hydrogens is 484 g/mol. The molecule has 2 aromatic rings. The Bertz CT molecular complexity index is 1180. The lowest BCUT2D eigenvalue weighted by Crippen LogP contribution is -2.56. The van der Waals surface area contributed by atoms with Crippen LogP contribution in [0.1, 0.15) is 38.8 Å². The lowest BCUT2D eigenvalue weighted by Gasteiger charge is -2.39. The lowest BCUT2D eigenvalue weighted by molar-refractivity contribution is 0.0174. The SMILES string of the molecule is CN1C(=O)N(CC(C)(C)C)C(=N)/C(=C(\NCc2ccc(C(C)(F)F)cc2)Nc2ccc(O)cc2)C1=S. The van der Waals surface area contributed by atoms with Crippen molar-refractivity contribution in [3.8, 4) is 5.75 Å². The monoisotopic (exact) mass is 515 g/mol. The van der Waals surface area contributed by atoms with Gasteiger partial charge in [0.2, 0.25) is 0 Å².